The molecule has 0 aliphatic heterocycles. The van der Waals surface area contributed by atoms with Crippen molar-refractivity contribution in [3.63, 3.8) is 0 Å². The summed E-state index contributed by atoms with van der Waals surface area (Å²) in [6.45, 7) is 1.74. The van der Waals surface area contributed by atoms with Gasteiger partial charge in [-0.05, 0) is 25.3 Å². The monoisotopic (exact) mass is 272 g/mol. The third-order valence-corrected chi connectivity index (χ3v) is 3.12. The number of nitrogens with one attached hydrogen (secondary N) is 2. The fraction of sp³-hybridized carbons (Fsp3) is 0.417. The van der Waals surface area contributed by atoms with Crippen LogP contribution < -0.4 is 10.6 Å². The Hall–Kier alpha value is -1.27. The number of carbonyl (C=O) groups excluding carboxylic acids is 1. The molecule has 4 nitrogen and oxygen atoms in total. The molecule has 6 heteroatoms. The number of thioether (sulfide) groups is 1. The van der Waals surface area contributed by atoms with E-state index in [0.29, 0.717) is 5.75 Å². The van der Waals surface area contributed by atoms with Gasteiger partial charge in [0.25, 0.3) is 0 Å². The summed E-state index contributed by atoms with van der Waals surface area (Å²) in [7, 11) is 0. The maximum Gasteiger partial charge on any atom is 0.319 e. The average Bonchev–Trinajstić information content (AvgIpc) is 2.30. The van der Waals surface area contributed by atoms with Gasteiger partial charge in [0.1, 0.15) is 5.82 Å². The van der Waals surface area contributed by atoms with E-state index < -0.39 is 17.4 Å². The summed E-state index contributed by atoms with van der Waals surface area (Å²) in [6.07, 6.45) is 1.87. The molecular formula is C12H17FN2O2S. The molecule has 0 radical (unpaired) electrons. The summed E-state index contributed by atoms with van der Waals surface area (Å²) in [5.74, 6) is 0.0102. The molecule has 0 aromatic heterocycles. The second-order valence-electron chi connectivity index (χ2n) is 4.22. The Bertz CT molecular complexity index is 413. The van der Waals surface area contributed by atoms with Crippen molar-refractivity contribution in [1.29, 1.82) is 0 Å². The Morgan fingerprint density at radius 1 is 1.50 bits per heavy atom. The molecule has 0 aliphatic rings. The van der Waals surface area contributed by atoms with Crippen LogP contribution in [0.1, 0.15) is 6.92 Å². The van der Waals surface area contributed by atoms with Crippen LogP contribution in [0.4, 0.5) is 14.9 Å². The highest BCUT2D eigenvalue weighted by atomic mass is 32.2. The number of amides is 2. The van der Waals surface area contributed by atoms with Crippen LogP contribution in [0, 0.1) is 5.82 Å². The van der Waals surface area contributed by atoms with Crippen LogP contribution in [-0.2, 0) is 0 Å². The van der Waals surface area contributed by atoms with Gasteiger partial charge < -0.3 is 15.7 Å². The molecule has 0 aliphatic carbocycles. The molecule has 100 valence electrons. The van der Waals surface area contributed by atoms with Crippen molar-refractivity contribution in [3.05, 3.63) is 30.1 Å². The molecule has 0 unspecified atom stereocenters. The van der Waals surface area contributed by atoms with Gasteiger partial charge in [-0.3, -0.25) is 0 Å². The third kappa shape index (κ3) is 4.93. The Balaban J connectivity index is 2.46. The standard InChI is InChI=1S/C12H17FN2O2S/c1-12(17,8-18-2)7-14-11(16)15-10-6-4-3-5-9(10)13/h3-6,17H,7-8H2,1-2H3,(H2,14,15,16)/t12-/m1/s1. The van der Waals surface area contributed by atoms with Crippen LogP contribution in [0.15, 0.2) is 24.3 Å². The van der Waals surface area contributed by atoms with Crippen molar-refractivity contribution in [2.75, 3.05) is 23.9 Å². The first-order chi connectivity index (χ1) is 8.44. The Labute approximate surface area is 110 Å². The molecule has 0 bridgehead atoms. The normalized spacial score (nSPS) is 13.8. The number of urea groups is 1. The molecule has 0 saturated heterocycles. The summed E-state index contributed by atoms with van der Waals surface area (Å²) >= 11 is 1.48. The number of hydrogen-bond donors (Lipinski definition) is 3. The topological polar surface area (TPSA) is 61.4 Å². The fourth-order valence-electron chi connectivity index (χ4n) is 1.36. The minimum absolute atomic E-state index is 0.105. The molecule has 0 spiro atoms. The van der Waals surface area contributed by atoms with Crippen LogP contribution in [0.2, 0.25) is 0 Å². The number of para-hydroxylation sites is 1. The first-order valence-electron chi connectivity index (χ1n) is 5.45. The van der Waals surface area contributed by atoms with Gasteiger partial charge in [-0.2, -0.15) is 11.8 Å². The number of rotatable bonds is 5. The predicted molar refractivity (Wildman–Crippen MR) is 72.4 cm³/mol. The Kier molecular flexibility index (Phi) is 5.43. The van der Waals surface area contributed by atoms with E-state index in [-0.39, 0.29) is 12.2 Å². The lowest BCUT2D eigenvalue weighted by Crippen LogP contribution is -2.44. The molecule has 1 rings (SSSR count). The molecule has 1 aromatic rings. The van der Waals surface area contributed by atoms with Crippen LogP contribution >= 0.6 is 11.8 Å². The van der Waals surface area contributed by atoms with Gasteiger partial charge in [-0.1, -0.05) is 12.1 Å². The molecule has 18 heavy (non-hydrogen) atoms. The SMILES string of the molecule is CSC[C@](C)(O)CNC(=O)Nc1ccccc1F. The Morgan fingerprint density at radius 3 is 2.78 bits per heavy atom. The van der Waals surface area contributed by atoms with E-state index in [1.54, 1.807) is 19.1 Å². The van der Waals surface area contributed by atoms with Gasteiger partial charge in [0.15, 0.2) is 0 Å². The van der Waals surface area contributed by atoms with E-state index in [9.17, 15) is 14.3 Å². The lowest BCUT2D eigenvalue weighted by atomic mass is 10.1. The predicted octanol–water partition coefficient (Wildman–Crippen LogP) is 2.06. The summed E-state index contributed by atoms with van der Waals surface area (Å²) in [6, 6.07) is 5.36. The molecule has 0 saturated carbocycles. The van der Waals surface area contributed by atoms with E-state index in [0.717, 1.165) is 0 Å². The number of carbonyl (C=O) groups is 1. The molecule has 0 fully saturated rings. The minimum Gasteiger partial charge on any atom is -0.387 e. The first kappa shape index (κ1) is 14.8. The van der Waals surface area contributed by atoms with E-state index in [1.807, 2.05) is 6.26 Å². The lowest BCUT2D eigenvalue weighted by molar-refractivity contribution is 0.0876. The molecule has 3 N–H and O–H groups in total. The third-order valence-electron chi connectivity index (χ3n) is 2.21. The summed E-state index contributed by atoms with van der Waals surface area (Å²) < 4.78 is 13.2. The minimum atomic E-state index is -0.980. The van der Waals surface area contributed by atoms with Gasteiger partial charge in [-0.15, -0.1) is 0 Å². The zero-order valence-corrected chi connectivity index (χ0v) is 11.2. The Morgan fingerprint density at radius 2 is 2.17 bits per heavy atom. The number of halogens is 1. The smallest absolute Gasteiger partial charge is 0.319 e. The summed E-state index contributed by atoms with van der Waals surface area (Å²) in [4.78, 5) is 11.5. The van der Waals surface area contributed by atoms with E-state index >= 15 is 0 Å². The highest BCUT2D eigenvalue weighted by molar-refractivity contribution is 7.98. The largest absolute Gasteiger partial charge is 0.387 e. The molecule has 1 aromatic carbocycles. The van der Waals surface area contributed by atoms with E-state index in [4.69, 9.17) is 0 Å². The van der Waals surface area contributed by atoms with Crippen LogP contribution in [0.25, 0.3) is 0 Å². The zero-order valence-electron chi connectivity index (χ0n) is 10.4. The fourth-order valence-corrected chi connectivity index (χ4v) is 2.09. The first-order valence-corrected chi connectivity index (χ1v) is 6.85. The second-order valence-corrected chi connectivity index (χ2v) is 5.08. The molecular weight excluding hydrogens is 255 g/mol. The van der Waals surface area contributed by atoms with Gasteiger partial charge in [0.05, 0.1) is 11.3 Å². The quantitative estimate of drug-likeness (QED) is 0.769. The average molecular weight is 272 g/mol. The van der Waals surface area contributed by atoms with Crippen molar-refractivity contribution < 1.29 is 14.3 Å². The highest BCUT2D eigenvalue weighted by Gasteiger charge is 2.20. The van der Waals surface area contributed by atoms with Crippen LogP contribution in [-0.4, -0.2) is 35.3 Å². The van der Waals surface area contributed by atoms with Gasteiger partial charge in [0.2, 0.25) is 0 Å². The van der Waals surface area contributed by atoms with Crippen molar-refractivity contribution in [3.8, 4) is 0 Å². The highest BCUT2D eigenvalue weighted by Crippen LogP contribution is 2.12. The van der Waals surface area contributed by atoms with E-state index in [1.165, 1.54) is 23.9 Å². The van der Waals surface area contributed by atoms with Crippen molar-refractivity contribution in [2.24, 2.45) is 0 Å². The van der Waals surface area contributed by atoms with Crippen LogP contribution in [0.5, 0.6) is 0 Å². The maximum atomic E-state index is 13.2. The van der Waals surface area contributed by atoms with Crippen molar-refractivity contribution in [2.45, 2.75) is 12.5 Å². The van der Waals surface area contributed by atoms with Gasteiger partial charge in [0, 0.05) is 12.3 Å². The number of hydrogen-bond acceptors (Lipinski definition) is 3. The maximum absolute atomic E-state index is 13.2. The zero-order chi connectivity index (χ0) is 13.6. The molecule has 1 atom stereocenters. The lowest BCUT2D eigenvalue weighted by Gasteiger charge is -2.22. The molecule has 0 heterocycles. The van der Waals surface area contributed by atoms with Crippen molar-refractivity contribution >= 4 is 23.5 Å². The number of aliphatic hydroxyl groups is 1. The van der Waals surface area contributed by atoms with E-state index in [2.05, 4.69) is 10.6 Å². The number of anilines is 1. The molecule has 2 amide bonds. The van der Waals surface area contributed by atoms with Crippen LogP contribution in [0.3, 0.4) is 0 Å². The number of benzene rings is 1. The van der Waals surface area contributed by atoms with Gasteiger partial charge in [-0.25, -0.2) is 9.18 Å². The second kappa shape index (κ2) is 6.61. The summed E-state index contributed by atoms with van der Waals surface area (Å²) in [5, 5.41) is 14.7. The summed E-state index contributed by atoms with van der Waals surface area (Å²) in [5.41, 5.74) is -0.870. The van der Waals surface area contributed by atoms with Crippen molar-refractivity contribution in [1.82, 2.24) is 5.32 Å². The van der Waals surface area contributed by atoms with Gasteiger partial charge >= 0.3 is 6.03 Å².